The van der Waals surface area contributed by atoms with Crippen LogP contribution in [0.15, 0.2) is 53.1 Å². The van der Waals surface area contributed by atoms with Crippen molar-refractivity contribution in [2.75, 3.05) is 0 Å². The average Bonchev–Trinajstić information content (AvgIpc) is 3.13. The molecule has 2 aromatic carbocycles. The van der Waals surface area contributed by atoms with Crippen molar-refractivity contribution < 1.29 is 18.8 Å². The summed E-state index contributed by atoms with van der Waals surface area (Å²) in [5, 5.41) is 2.03. The summed E-state index contributed by atoms with van der Waals surface area (Å²) < 4.78 is 16.4. The van der Waals surface area contributed by atoms with E-state index in [4.69, 9.17) is 4.42 Å². The monoisotopic (exact) mass is 314 g/mol. The third kappa shape index (κ3) is 1.97. The second-order valence-electron chi connectivity index (χ2n) is 4.95. The van der Waals surface area contributed by atoms with Crippen LogP contribution in [0.1, 0.15) is 0 Å². The van der Waals surface area contributed by atoms with Gasteiger partial charge in [-0.3, -0.25) is 4.57 Å². The molecule has 0 saturated heterocycles. The van der Waals surface area contributed by atoms with Crippen LogP contribution in [-0.2, 0) is 4.57 Å². The maximum Gasteiger partial charge on any atom is 0.391 e. The minimum Gasteiger partial charge on any atom is -0.456 e. The molecular formula is C15H11N2O4P. The Morgan fingerprint density at radius 3 is 2.73 bits per heavy atom. The molecule has 0 amide bonds. The van der Waals surface area contributed by atoms with Gasteiger partial charge in [-0.25, -0.2) is 4.98 Å². The lowest BCUT2D eigenvalue weighted by atomic mass is 10.1. The Balaban J connectivity index is 2.00. The van der Waals surface area contributed by atoms with Gasteiger partial charge in [0.25, 0.3) is 0 Å². The second kappa shape index (κ2) is 4.55. The van der Waals surface area contributed by atoms with E-state index in [-0.39, 0.29) is 11.1 Å². The lowest BCUT2D eigenvalue weighted by Crippen LogP contribution is -2.04. The van der Waals surface area contributed by atoms with E-state index in [9.17, 15) is 14.4 Å². The van der Waals surface area contributed by atoms with Crippen LogP contribution in [0, 0.1) is 0 Å². The molecule has 0 atom stereocenters. The average molecular weight is 314 g/mol. The molecule has 7 heteroatoms. The van der Waals surface area contributed by atoms with Crippen molar-refractivity contribution in [3.8, 4) is 11.4 Å². The third-order valence-corrected chi connectivity index (χ3v) is 4.42. The van der Waals surface area contributed by atoms with E-state index in [2.05, 4.69) is 9.97 Å². The number of rotatable bonds is 2. The molecule has 2 heterocycles. The van der Waals surface area contributed by atoms with Gasteiger partial charge in [-0.1, -0.05) is 30.3 Å². The van der Waals surface area contributed by atoms with Gasteiger partial charge < -0.3 is 19.2 Å². The first-order valence-corrected chi connectivity index (χ1v) is 8.17. The first-order valence-electron chi connectivity index (χ1n) is 6.55. The smallest absolute Gasteiger partial charge is 0.391 e. The largest absolute Gasteiger partial charge is 0.456 e. The summed E-state index contributed by atoms with van der Waals surface area (Å²) in [7, 11) is -4.49. The van der Waals surface area contributed by atoms with Crippen LogP contribution in [0.4, 0.5) is 0 Å². The fourth-order valence-corrected chi connectivity index (χ4v) is 3.27. The summed E-state index contributed by atoms with van der Waals surface area (Å²) in [4.78, 5) is 26.3. The van der Waals surface area contributed by atoms with Crippen molar-refractivity contribution in [3.63, 3.8) is 0 Å². The maximum absolute atomic E-state index is 11.5. The molecule has 4 rings (SSSR count). The minimum atomic E-state index is -4.49. The molecule has 3 N–H and O–H groups in total. The lowest BCUT2D eigenvalue weighted by molar-refractivity contribution is 0.377. The summed E-state index contributed by atoms with van der Waals surface area (Å²) in [6.45, 7) is 0. The standard InChI is InChI=1S/C15H11N2O4P/c18-22(19,20)15-11(7-8-21-15)14-16-12-6-5-9-3-1-2-4-10(9)13(12)17-14/h1-8H,(H,16,17)(H2,18,19,20). The van der Waals surface area contributed by atoms with E-state index in [0.29, 0.717) is 5.82 Å². The number of nitrogens with zero attached hydrogens (tertiary/aromatic N) is 1. The number of nitrogens with one attached hydrogen (secondary N) is 1. The highest BCUT2D eigenvalue weighted by molar-refractivity contribution is 7.60. The quantitative estimate of drug-likeness (QED) is 0.494. The van der Waals surface area contributed by atoms with Gasteiger partial charge in [0.1, 0.15) is 5.82 Å². The molecule has 0 aliphatic carbocycles. The molecule has 0 unspecified atom stereocenters. The van der Waals surface area contributed by atoms with E-state index in [1.165, 1.54) is 12.3 Å². The molecule has 0 aliphatic heterocycles. The number of aromatic amines is 1. The van der Waals surface area contributed by atoms with Crippen LogP contribution >= 0.6 is 7.60 Å². The molecule has 0 aliphatic rings. The van der Waals surface area contributed by atoms with Crippen molar-refractivity contribution in [1.82, 2.24) is 9.97 Å². The van der Waals surface area contributed by atoms with Gasteiger partial charge in [-0.15, -0.1) is 0 Å². The minimum absolute atomic E-state index is 0.272. The molecule has 110 valence electrons. The molecule has 0 bridgehead atoms. The molecule has 22 heavy (non-hydrogen) atoms. The fraction of sp³-hybridized carbons (Fsp3) is 0. The van der Waals surface area contributed by atoms with Gasteiger partial charge in [0.15, 0.2) is 0 Å². The van der Waals surface area contributed by atoms with Crippen LogP contribution in [0.2, 0.25) is 0 Å². The van der Waals surface area contributed by atoms with Crippen LogP contribution < -0.4 is 5.50 Å². The van der Waals surface area contributed by atoms with Gasteiger partial charge in [-0.05, 0) is 17.5 Å². The zero-order valence-corrected chi connectivity index (χ0v) is 12.1. The summed E-state index contributed by atoms with van der Waals surface area (Å²) in [5.41, 5.74) is 1.45. The Morgan fingerprint density at radius 2 is 1.91 bits per heavy atom. The van der Waals surface area contributed by atoms with Gasteiger partial charge in [-0.2, -0.15) is 0 Å². The Hall–Kier alpha value is -2.40. The number of furan rings is 1. The van der Waals surface area contributed by atoms with E-state index in [0.717, 1.165) is 21.8 Å². The first kappa shape index (κ1) is 13.3. The molecule has 0 spiro atoms. The van der Waals surface area contributed by atoms with E-state index < -0.39 is 7.60 Å². The van der Waals surface area contributed by atoms with Crippen LogP contribution in [0.3, 0.4) is 0 Å². The highest BCUT2D eigenvalue weighted by Crippen LogP contribution is 2.38. The summed E-state index contributed by atoms with van der Waals surface area (Å²) in [6, 6.07) is 13.2. The first-order chi connectivity index (χ1) is 10.5. The number of fused-ring (bicyclic) bond motifs is 3. The Morgan fingerprint density at radius 1 is 1.09 bits per heavy atom. The Kier molecular flexibility index (Phi) is 2.74. The normalized spacial score (nSPS) is 12.3. The van der Waals surface area contributed by atoms with Crippen molar-refractivity contribution >= 4 is 34.9 Å². The third-order valence-electron chi connectivity index (χ3n) is 3.54. The fourth-order valence-electron chi connectivity index (χ4n) is 2.58. The second-order valence-corrected chi connectivity index (χ2v) is 6.45. The number of hydrogen-bond acceptors (Lipinski definition) is 3. The van der Waals surface area contributed by atoms with E-state index in [1.54, 1.807) is 0 Å². The molecule has 0 saturated carbocycles. The van der Waals surface area contributed by atoms with E-state index >= 15 is 0 Å². The number of benzene rings is 2. The lowest BCUT2D eigenvalue weighted by Gasteiger charge is -2.01. The highest BCUT2D eigenvalue weighted by Gasteiger charge is 2.28. The predicted molar refractivity (Wildman–Crippen MR) is 83.0 cm³/mol. The van der Waals surface area contributed by atoms with Crippen molar-refractivity contribution in [2.24, 2.45) is 0 Å². The van der Waals surface area contributed by atoms with Crippen LogP contribution in [0.5, 0.6) is 0 Å². The van der Waals surface area contributed by atoms with E-state index in [1.807, 2.05) is 36.4 Å². The summed E-state index contributed by atoms with van der Waals surface area (Å²) >= 11 is 0. The Bertz CT molecular complexity index is 1040. The molecule has 6 nitrogen and oxygen atoms in total. The van der Waals surface area contributed by atoms with Gasteiger partial charge in [0.05, 0.1) is 22.9 Å². The van der Waals surface area contributed by atoms with Crippen LogP contribution in [0.25, 0.3) is 33.2 Å². The van der Waals surface area contributed by atoms with Gasteiger partial charge >= 0.3 is 7.60 Å². The predicted octanol–water partition coefficient (Wildman–Crippen LogP) is 2.78. The van der Waals surface area contributed by atoms with Crippen LogP contribution in [-0.4, -0.2) is 19.8 Å². The SMILES string of the molecule is O=P(O)(O)c1occc1-c1nc2c(ccc3ccccc32)[nH]1. The van der Waals surface area contributed by atoms with Crippen molar-refractivity contribution in [2.45, 2.75) is 0 Å². The number of imidazole rings is 1. The molecule has 4 aromatic rings. The number of hydrogen-bond donors (Lipinski definition) is 3. The van der Waals surface area contributed by atoms with Crippen molar-refractivity contribution in [1.29, 1.82) is 0 Å². The maximum atomic E-state index is 11.5. The zero-order chi connectivity index (χ0) is 15.3. The molecule has 2 aromatic heterocycles. The highest BCUT2D eigenvalue weighted by atomic mass is 31.2. The zero-order valence-electron chi connectivity index (χ0n) is 11.2. The number of aromatic nitrogens is 2. The van der Waals surface area contributed by atoms with Gasteiger partial charge in [0.2, 0.25) is 5.50 Å². The number of H-pyrrole nitrogens is 1. The molecule has 0 fully saturated rings. The Labute approximate surface area is 124 Å². The molecular weight excluding hydrogens is 303 g/mol. The summed E-state index contributed by atoms with van der Waals surface area (Å²) in [5.74, 6) is 0.374. The topological polar surface area (TPSA) is 99.3 Å². The van der Waals surface area contributed by atoms with Gasteiger partial charge in [0, 0.05) is 5.39 Å². The summed E-state index contributed by atoms with van der Waals surface area (Å²) in [6.07, 6.45) is 1.25. The molecule has 0 radical (unpaired) electrons. The van der Waals surface area contributed by atoms with Crippen molar-refractivity contribution in [3.05, 3.63) is 48.7 Å².